The Bertz CT molecular complexity index is 471. The summed E-state index contributed by atoms with van der Waals surface area (Å²) in [5.74, 6) is 0.582. The molecule has 0 unspecified atom stereocenters. The molecule has 0 bridgehead atoms. The minimum atomic E-state index is 0.0199. The number of hydrogen-bond donors (Lipinski definition) is 1. The Labute approximate surface area is 111 Å². The van der Waals surface area contributed by atoms with Crippen LogP contribution in [-0.4, -0.2) is 42.8 Å². The molecule has 5 nitrogen and oxygen atoms in total. The third kappa shape index (κ3) is 2.56. The van der Waals surface area contributed by atoms with Crippen molar-refractivity contribution in [3.8, 4) is 0 Å². The van der Waals surface area contributed by atoms with E-state index in [0.29, 0.717) is 12.4 Å². The fourth-order valence-electron chi connectivity index (χ4n) is 1.79. The van der Waals surface area contributed by atoms with Gasteiger partial charge in [-0.2, -0.15) is 0 Å². The number of aliphatic imine (C=N–C) groups is 1. The van der Waals surface area contributed by atoms with Crippen molar-refractivity contribution in [2.24, 2.45) is 10.7 Å². The quantitative estimate of drug-likeness (QED) is 0.515. The van der Waals surface area contributed by atoms with Gasteiger partial charge in [0.25, 0.3) is 0 Å². The Balaban J connectivity index is 2.16. The molecule has 1 fully saturated rings. The number of carbonyl (C=O) groups excluding carboxylic acids is 1. The molecule has 0 saturated carbocycles. The van der Waals surface area contributed by atoms with Crippen molar-refractivity contribution >= 4 is 34.8 Å². The average Bonchev–Trinajstić information content (AvgIpc) is 2.71. The van der Waals surface area contributed by atoms with Gasteiger partial charge in [-0.25, -0.2) is 9.79 Å². The van der Waals surface area contributed by atoms with E-state index in [9.17, 15) is 4.79 Å². The summed E-state index contributed by atoms with van der Waals surface area (Å²) in [4.78, 5) is 19.4. The maximum Gasteiger partial charge on any atom is 0.324 e. The van der Waals surface area contributed by atoms with E-state index in [1.807, 2.05) is 24.3 Å². The van der Waals surface area contributed by atoms with Gasteiger partial charge in [0, 0.05) is 25.8 Å². The highest BCUT2D eigenvalue weighted by Gasteiger charge is 2.26. The number of alkyl halides is 1. The molecule has 0 radical (unpaired) electrons. The van der Waals surface area contributed by atoms with Crippen molar-refractivity contribution in [1.29, 1.82) is 0 Å². The van der Waals surface area contributed by atoms with Crippen LogP contribution >= 0.6 is 11.6 Å². The molecule has 1 aromatic carbocycles. The van der Waals surface area contributed by atoms with Gasteiger partial charge in [-0.1, -0.05) is 0 Å². The molecule has 96 valence electrons. The van der Waals surface area contributed by atoms with Gasteiger partial charge in [-0.15, -0.1) is 11.6 Å². The molecule has 1 aliphatic rings. The first-order chi connectivity index (χ1) is 8.61. The van der Waals surface area contributed by atoms with E-state index >= 15 is 0 Å². The molecule has 1 aliphatic heterocycles. The number of nitrogens with zero attached hydrogens (tertiary/aromatic N) is 3. The third-order valence-corrected chi connectivity index (χ3v) is 3.06. The van der Waals surface area contributed by atoms with Crippen LogP contribution in [0.5, 0.6) is 0 Å². The number of rotatable bonds is 3. The minimum Gasteiger partial charge on any atom is -0.386 e. The van der Waals surface area contributed by atoms with Crippen LogP contribution in [0.4, 0.5) is 16.2 Å². The molecule has 2 amide bonds. The van der Waals surface area contributed by atoms with Crippen LogP contribution in [0.15, 0.2) is 29.3 Å². The third-order valence-electron chi connectivity index (χ3n) is 2.79. The summed E-state index contributed by atoms with van der Waals surface area (Å²) >= 11 is 5.56. The summed E-state index contributed by atoms with van der Waals surface area (Å²) in [7, 11) is 1.79. The smallest absolute Gasteiger partial charge is 0.324 e. The monoisotopic (exact) mass is 266 g/mol. The Morgan fingerprint density at radius 2 is 2.06 bits per heavy atom. The molecule has 0 spiro atoms. The first-order valence-electron chi connectivity index (χ1n) is 5.63. The average molecular weight is 267 g/mol. The lowest BCUT2D eigenvalue weighted by molar-refractivity contribution is 0.229. The summed E-state index contributed by atoms with van der Waals surface area (Å²) in [6.45, 7) is 1.46. The number of benzene rings is 1. The molecule has 0 aliphatic carbocycles. The second-order valence-corrected chi connectivity index (χ2v) is 4.38. The zero-order chi connectivity index (χ0) is 13.1. The molecular formula is C12H15ClN4O. The molecule has 1 heterocycles. The number of likely N-dealkylation sites (N-methyl/N-ethyl adjacent to an activating group) is 1. The second kappa shape index (κ2) is 5.27. The van der Waals surface area contributed by atoms with Crippen LogP contribution in [0.3, 0.4) is 0 Å². The minimum absolute atomic E-state index is 0.0199. The van der Waals surface area contributed by atoms with Crippen molar-refractivity contribution < 1.29 is 4.79 Å². The highest BCUT2D eigenvalue weighted by Crippen LogP contribution is 2.22. The lowest BCUT2D eigenvalue weighted by atomic mass is 10.2. The molecule has 2 rings (SSSR count). The Morgan fingerprint density at radius 3 is 2.56 bits per heavy atom. The maximum atomic E-state index is 11.8. The molecule has 2 N–H and O–H groups in total. The number of nitrogens with two attached hydrogens (primary N) is 1. The fourth-order valence-corrected chi connectivity index (χ4v) is 1.85. The number of amidine groups is 1. The van der Waals surface area contributed by atoms with Crippen molar-refractivity contribution in [3.63, 3.8) is 0 Å². The normalized spacial score (nSPS) is 16.6. The van der Waals surface area contributed by atoms with Crippen molar-refractivity contribution in [1.82, 2.24) is 4.90 Å². The zero-order valence-electron chi connectivity index (χ0n) is 10.1. The second-order valence-electron chi connectivity index (χ2n) is 4.11. The number of amides is 2. The highest BCUT2D eigenvalue weighted by atomic mass is 35.5. The van der Waals surface area contributed by atoms with E-state index in [2.05, 4.69) is 4.99 Å². The van der Waals surface area contributed by atoms with E-state index in [1.54, 1.807) is 16.8 Å². The molecule has 1 aromatic rings. The number of anilines is 1. The lowest BCUT2D eigenvalue weighted by Crippen LogP contribution is -2.28. The van der Waals surface area contributed by atoms with Crippen molar-refractivity contribution in [2.45, 2.75) is 0 Å². The first kappa shape index (κ1) is 12.7. The highest BCUT2D eigenvalue weighted by molar-refractivity contribution is 6.28. The number of hydrogen-bond acceptors (Lipinski definition) is 2. The van der Waals surface area contributed by atoms with Crippen molar-refractivity contribution in [2.75, 3.05) is 30.9 Å². The fraction of sp³-hybridized carbons (Fsp3) is 0.333. The predicted molar refractivity (Wildman–Crippen MR) is 73.8 cm³/mol. The summed E-state index contributed by atoms with van der Waals surface area (Å²) in [6.07, 6.45) is 0. The van der Waals surface area contributed by atoms with Gasteiger partial charge in [-0.3, -0.25) is 4.90 Å². The molecule has 0 aromatic heterocycles. The largest absolute Gasteiger partial charge is 0.386 e. The molecular weight excluding hydrogens is 252 g/mol. The van der Waals surface area contributed by atoms with Crippen LogP contribution in [0.25, 0.3) is 0 Å². The van der Waals surface area contributed by atoms with Gasteiger partial charge in [0.05, 0.1) is 11.6 Å². The van der Waals surface area contributed by atoms with Crippen LogP contribution in [0, 0.1) is 0 Å². The Morgan fingerprint density at radius 1 is 1.39 bits per heavy atom. The van der Waals surface area contributed by atoms with Crippen molar-refractivity contribution in [3.05, 3.63) is 24.3 Å². The van der Waals surface area contributed by atoms with E-state index in [0.717, 1.165) is 17.9 Å². The van der Waals surface area contributed by atoms with Gasteiger partial charge in [-0.05, 0) is 24.3 Å². The van der Waals surface area contributed by atoms with Crippen LogP contribution in [-0.2, 0) is 0 Å². The number of urea groups is 1. The number of carbonyl (C=O) groups is 1. The molecule has 0 atom stereocenters. The van der Waals surface area contributed by atoms with Gasteiger partial charge >= 0.3 is 6.03 Å². The van der Waals surface area contributed by atoms with Gasteiger partial charge < -0.3 is 10.6 Å². The van der Waals surface area contributed by atoms with Gasteiger partial charge in [0.2, 0.25) is 0 Å². The topological polar surface area (TPSA) is 61.9 Å². The van der Waals surface area contributed by atoms with Crippen LogP contribution in [0.1, 0.15) is 0 Å². The van der Waals surface area contributed by atoms with Crippen LogP contribution < -0.4 is 10.6 Å². The van der Waals surface area contributed by atoms with E-state index in [-0.39, 0.29) is 11.9 Å². The predicted octanol–water partition coefficient (Wildman–Crippen LogP) is 1.79. The standard InChI is InChI=1S/C12H15ClN4O/c1-16-6-7-17(12(16)18)10-4-2-9(3-5-10)15-11(14)8-13/h2-5H,6-8H2,1H3,(H2,14,15). The summed E-state index contributed by atoms with van der Waals surface area (Å²) in [5.41, 5.74) is 7.15. The molecule has 1 saturated heterocycles. The first-order valence-corrected chi connectivity index (χ1v) is 6.17. The van der Waals surface area contributed by atoms with Crippen LogP contribution in [0.2, 0.25) is 0 Å². The SMILES string of the molecule is CN1CCN(c2ccc(N=C(N)CCl)cc2)C1=O. The Kier molecular flexibility index (Phi) is 3.72. The number of halogens is 1. The maximum absolute atomic E-state index is 11.8. The zero-order valence-corrected chi connectivity index (χ0v) is 10.9. The van der Waals surface area contributed by atoms with E-state index in [4.69, 9.17) is 17.3 Å². The summed E-state index contributed by atoms with van der Waals surface area (Å²) in [5, 5.41) is 0. The molecule has 18 heavy (non-hydrogen) atoms. The van der Waals surface area contributed by atoms with E-state index in [1.165, 1.54) is 0 Å². The van der Waals surface area contributed by atoms with E-state index < -0.39 is 0 Å². The molecule has 6 heteroatoms. The van der Waals surface area contributed by atoms with Gasteiger partial charge in [0.1, 0.15) is 5.84 Å². The summed E-state index contributed by atoms with van der Waals surface area (Å²) in [6, 6.07) is 7.38. The Hall–Kier alpha value is -1.75. The summed E-state index contributed by atoms with van der Waals surface area (Å²) < 4.78 is 0. The van der Waals surface area contributed by atoms with Gasteiger partial charge in [0.15, 0.2) is 0 Å². The lowest BCUT2D eigenvalue weighted by Gasteiger charge is -2.15.